The van der Waals surface area contributed by atoms with E-state index in [1.165, 1.54) is 0 Å². The van der Waals surface area contributed by atoms with Crippen LogP contribution >= 0.6 is 11.6 Å². The molecule has 0 aliphatic carbocycles. The average Bonchev–Trinajstić information content (AvgIpc) is 2.85. The number of amides is 1. The van der Waals surface area contributed by atoms with Gasteiger partial charge in [0.1, 0.15) is 12.4 Å². The SMILES string of the molecule is C[C@@H]1CN(c2ccc(C#N)c(Cl)c2)[C@@H](C)CN1C(=O)c1cnc(N2CCC(C=O)CC2)nc1. The van der Waals surface area contributed by atoms with Crippen molar-refractivity contribution in [3.05, 3.63) is 46.7 Å². The molecule has 8 nitrogen and oxygen atoms in total. The fourth-order valence-electron chi connectivity index (χ4n) is 4.54. The smallest absolute Gasteiger partial charge is 0.257 e. The topological polar surface area (TPSA) is 93.4 Å². The number of piperazine rings is 1. The summed E-state index contributed by atoms with van der Waals surface area (Å²) in [5.74, 6) is 0.627. The zero-order chi connectivity index (χ0) is 23.5. The lowest BCUT2D eigenvalue weighted by molar-refractivity contribution is -0.111. The van der Waals surface area contributed by atoms with Crippen LogP contribution in [0.3, 0.4) is 0 Å². The van der Waals surface area contributed by atoms with Gasteiger partial charge < -0.3 is 19.5 Å². The van der Waals surface area contributed by atoms with E-state index >= 15 is 0 Å². The number of rotatable bonds is 4. The normalized spacial score (nSPS) is 21.6. The van der Waals surface area contributed by atoms with E-state index in [1.54, 1.807) is 18.5 Å². The highest BCUT2D eigenvalue weighted by Gasteiger charge is 2.33. The number of hydrogen-bond donors (Lipinski definition) is 0. The molecule has 0 spiro atoms. The third kappa shape index (κ3) is 4.79. The van der Waals surface area contributed by atoms with E-state index in [2.05, 4.69) is 32.8 Å². The van der Waals surface area contributed by atoms with Gasteiger partial charge in [-0.3, -0.25) is 4.79 Å². The molecule has 0 saturated carbocycles. The standard InChI is InChI=1S/C24H27ClN6O2/c1-16-14-31(17(2)13-30(16)21-4-3-19(10-26)22(25)9-21)23(33)20-11-27-24(28-12-20)29-7-5-18(15-32)6-8-29/h3-4,9,11-12,15-18H,5-8,13-14H2,1-2H3/t16-,17+/m0/s1. The van der Waals surface area contributed by atoms with E-state index in [-0.39, 0.29) is 23.9 Å². The molecule has 1 amide bonds. The zero-order valence-electron chi connectivity index (χ0n) is 18.8. The molecule has 2 fully saturated rings. The maximum Gasteiger partial charge on any atom is 0.257 e. The van der Waals surface area contributed by atoms with Gasteiger partial charge in [-0.25, -0.2) is 9.97 Å². The summed E-state index contributed by atoms with van der Waals surface area (Å²) >= 11 is 6.23. The van der Waals surface area contributed by atoms with Crippen LogP contribution in [0.2, 0.25) is 5.02 Å². The van der Waals surface area contributed by atoms with Crippen LogP contribution in [-0.4, -0.2) is 65.3 Å². The number of hydrogen-bond acceptors (Lipinski definition) is 7. The molecule has 3 heterocycles. The van der Waals surface area contributed by atoms with Crippen LogP contribution in [0.1, 0.15) is 42.6 Å². The van der Waals surface area contributed by atoms with Crippen LogP contribution in [0, 0.1) is 17.2 Å². The van der Waals surface area contributed by atoms with Crippen molar-refractivity contribution in [2.24, 2.45) is 5.92 Å². The van der Waals surface area contributed by atoms with Crippen molar-refractivity contribution in [1.82, 2.24) is 14.9 Å². The first-order valence-electron chi connectivity index (χ1n) is 11.2. The van der Waals surface area contributed by atoms with Crippen molar-refractivity contribution in [2.75, 3.05) is 36.0 Å². The van der Waals surface area contributed by atoms with Crippen LogP contribution in [0.25, 0.3) is 0 Å². The molecule has 2 saturated heterocycles. The van der Waals surface area contributed by atoms with Crippen molar-refractivity contribution in [2.45, 2.75) is 38.8 Å². The largest absolute Gasteiger partial charge is 0.365 e. The molecule has 1 aromatic carbocycles. The molecule has 2 atom stereocenters. The summed E-state index contributed by atoms with van der Waals surface area (Å²) in [6.07, 6.45) is 5.83. The quantitative estimate of drug-likeness (QED) is 0.639. The van der Waals surface area contributed by atoms with Crippen LogP contribution in [0.5, 0.6) is 0 Å². The second-order valence-corrected chi connectivity index (χ2v) is 9.22. The van der Waals surface area contributed by atoms with Gasteiger partial charge in [0.25, 0.3) is 5.91 Å². The summed E-state index contributed by atoms with van der Waals surface area (Å²) < 4.78 is 0. The lowest BCUT2D eigenvalue weighted by atomic mass is 9.99. The first-order valence-corrected chi connectivity index (χ1v) is 11.6. The molecule has 0 N–H and O–H groups in total. The first kappa shape index (κ1) is 23.0. The second kappa shape index (κ2) is 9.75. The number of nitrogens with zero attached hydrogens (tertiary/aromatic N) is 6. The minimum atomic E-state index is -0.0851. The Morgan fingerprint density at radius 1 is 1.15 bits per heavy atom. The van der Waals surface area contributed by atoms with Gasteiger partial charge in [-0.2, -0.15) is 5.26 Å². The van der Waals surface area contributed by atoms with Crippen LogP contribution < -0.4 is 9.80 Å². The van der Waals surface area contributed by atoms with Crippen molar-refractivity contribution < 1.29 is 9.59 Å². The average molecular weight is 467 g/mol. The number of aromatic nitrogens is 2. The number of piperidine rings is 1. The maximum absolute atomic E-state index is 13.2. The second-order valence-electron chi connectivity index (χ2n) is 8.82. The summed E-state index contributed by atoms with van der Waals surface area (Å²) in [6.45, 7) is 6.78. The molecule has 9 heteroatoms. The molecule has 2 aliphatic heterocycles. The molecule has 2 aliphatic rings. The Kier molecular flexibility index (Phi) is 6.80. The Hall–Kier alpha value is -3.18. The number of halogens is 1. The van der Waals surface area contributed by atoms with E-state index in [4.69, 9.17) is 16.9 Å². The molecular weight excluding hydrogens is 440 g/mol. The summed E-state index contributed by atoms with van der Waals surface area (Å²) in [7, 11) is 0. The van der Waals surface area contributed by atoms with E-state index in [0.29, 0.717) is 35.2 Å². The highest BCUT2D eigenvalue weighted by molar-refractivity contribution is 6.32. The maximum atomic E-state index is 13.2. The predicted octanol–water partition coefficient (Wildman–Crippen LogP) is 3.16. The van der Waals surface area contributed by atoms with Crippen molar-refractivity contribution in [3.8, 4) is 6.07 Å². The first-order chi connectivity index (χ1) is 15.9. The third-order valence-corrected chi connectivity index (χ3v) is 6.86. The molecule has 172 valence electrons. The van der Waals surface area contributed by atoms with E-state index in [1.807, 2.05) is 24.0 Å². The number of carbonyl (C=O) groups is 2. The third-order valence-electron chi connectivity index (χ3n) is 6.55. The molecule has 2 aromatic rings. The van der Waals surface area contributed by atoms with Crippen molar-refractivity contribution in [1.29, 1.82) is 5.26 Å². The lowest BCUT2D eigenvalue weighted by Crippen LogP contribution is -2.58. The number of carbonyl (C=O) groups excluding carboxylic acids is 2. The number of aldehydes is 1. The van der Waals surface area contributed by atoms with Gasteiger partial charge in [0, 0.05) is 62.3 Å². The molecule has 1 aromatic heterocycles. The molecule has 4 rings (SSSR count). The van der Waals surface area contributed by atoms with E-state index in [9.17, 15) is 9.59 Å². The Morgan fingerprint density at radius 3 is 2.45 bits per heavy atom. The number of nitriles is 1. The molecule has 33 heavy (non-hydrogen) atoms. The fraction of sp³-hybridized carbons (Fsp3) is 0.458. The Labute approximate surface area is 198 Å². The van der Waals surface area contributed by atoms with Gasteiger partial charge in [0.2, 0.25) is 5.95 Å². The van der Waals surface area contributed by atoms with E-state index in [0.717, 1.165) is 37.9 Å². The number of benzene rings is 1. The van der Waals surface area contributed by atoms with Crippen LogP contribution in [-0.2, 0) is 4.79 Å². The Bertz CT molecular complexity index is 1060. The van der Waals surface area contributed by atoms with Gasteiger partial charge in [0.05, 0.1) is 16.1 Å². The van der Waals surface area contributed by atoms with Crippen molar-refractivity contribution in [3.63, 3.8) is 0 Å². The molecule has 0 radical (unpaired) electrons. The Morgan fingerprint density at radius 2 is 1.85 bits per heavy atom. The van der Waals surface area contributed by atoms with Gasteiger partial charge in [-0.1, -0.05) is 11.6 Å². The highest BCUT2D eigenvalue weighted by atomic mass is 35.5. The van der Waals surface area contributed by atoms with Gasteiger partial charge in [-0.15, -0.1) is 0 Å². The number of anilines is 2. The predicted molar refractivity (Wildman–Crippen MR) is 127 cm³/mol. The van der Waals surface area contributed by atoms with E-state index < -0.39 is 0 Å². The van der Waals surface area contributed by atoms with Crippen LogP contribution in [0.15, 0.2) is 30.6 Å². The fourth-order valence-corrected chi connectivity index (χ4v) is 4.76. The lowest BCUT2D eigenvalue weighted by Gasteiger charge is -2.45. The van der Waals surface area contributed by atoms with Crippen molar-refractivity contribution >= 4 is 35.4 Å². The molecule has 0 bridgehead atoms. The molecule has 0 unspecified atom stereocenters. The summed E-state index contributed by atoms with van der Waals surface area (Å²) in [5, 5.41) is 9.54. The van der Waals surface area contributed by atoms with Gasteiger partial charge in [0.15, 0.2) is 0 Å². The highest BCUT2D eigenvalue weighted by Crippen LogP contribution is 2.28. The zero-order valence-corrected chi connectivity index (χ0v) is 19.6. The van der Waals surface area contributed by atoms with Crippen LogP contribution in [0.4, 0.5) is 11.6 Å². The minimum Gasteiger partial charge on any atom is -0.365 e. The summed E-state index contributed by atoms with van der Waals surface area (Å²) in [5.41, 5.74) is 1.86. The molecular formula is C24H27ClN6O2. The minimum absolute atomic E-state index is 0.0230. The Balaban J connectivity index is 1.42. The van der Waals surface area contributed by atoms with Gasteiger partial charge in [-0.05, 0) is 44.9 Å². The van der Waals surface area contributed by atoms with Gasteiger partial charge >= 0.3 is 0 Å². The summed E-state index contributed by atoms with van der Waals surface area (Å²) in [4.78, 5) is 39.2. The summed E-state index contributed by atoms with van der Waals surface area (Å²) in [6, 6.07) is 7.58. The monoisotopic (exact) mass is 466 g/mol.